The van der Waals surface area contributed by atoms with Gasteiger partial charge in [0.05, 0.1) is 6.54 Å². The van der Waals surface area contributed by atoms with Gasteiger partial charge in [0.1, 0.15) is 6.61 Å². The Balaban J connectivity index is 1.91. The molecular formula is C10H13NO2. The van der Waals surface area contributed by atoms with E-state index in [0.717, 1.165) is 0 Å². The highest BCUT2D eigenvalue weighted by molar-refractivity contribution is 5.71. The summed E-state index contributed by atoms with van der Waals surface area (Å²) in [5, 5.41) is 0. The van der Waals surface area contributed by atoms with E-state index in [4.69, 9.17) is 4.74 Å². The Hall–Kier alpha value is -1.17. The lowest BCUT2D eigenvalue weighted by Crippen LogP contribution is -2.17. The molecule has 0 unspecified atom stereocenters. The van der Waals surface area contributed by atoms with Crippen molar-refractivity contribution in [1.82, 2.24) is 4.90 Å². The summed E-state index contributed by atoms with van der Waals surface area (Å²) in [4.78, 5) is 12.5. The fourth-order valence-electron chi connectivity index (χ4n) is 1.73. The lowest BCUT2D eigenvalue weighted by Gasteiger charge is -2.01. The van der Waals surface area contributed by atoms with Crippen molar-refractivity contribution < 1.29 is 9.53 Å². The van der Waals surface area contributed by atoms with Gasteiger partial charge in [0.15, 0.2) is 0 Å². The highest BCUT2D eigenvalue weighted by Crippen LogP contribution is 2.23. The van der Waals surface area contributed by atoms with Gasteiger partial charge in [-0.15, -0.1) is 0 Å². The Morgan fingerprint density at radius 1 is 1.38 bits per heavy atom. The van der Waals surface area contributed by atoms with Gasteiger partial charge in [0, 0.05) is 12.0 Å². The van der Waals surface area contributed by atoms with Gasteiger partial charge in [0.25, 0.3) is 0 Å². The highest BCUT2D eigenvalue weighted by Gasteiger charge is 2.20. The molecule has 2 aliphatic rings. The molecule has 1 heterocycles. The van der Waals surface area contributed by atoms with Crippen LogP contribution in [-0.2, 0) is 4.74 Å². The van der Waals surface area contributed by atoms with Gasteiger partial charge < -0.3 is 4.74 Å². The van der Waals surface area contributed by atoms with Gasteiger partial charge in [-0.25, -0.2) is 9.69 Å². The zero-order valence-corrected chi connectivity index (χ0v) is 7.58. The Labute approximate surface area is 78.0 Å². The maximum atomic E-state index is 11.0. The first-order chi connectivity index (χ1) is 6.36. The number of carbonyl (C=O) groups excluding carboxylic acids is 1. The predicted molar refractivity (Wildman–Crippen MR) is 47.8 cm³/mol. The molecule has 1 amide bonds. The minimum absolute atomic E-state index is 0.287. The van der Waals surface area contributed by atoms with E-state index in [2.05, 4.69) is 12.0 Å². The zero-order chi connectivity index (χ0) is 9.10. The molecule has 13 heavy (non-hydrogen) atoms. The predicted octanol–water partition coefficient (Wildman–Crippen LogP) is 1.59. The molecule has 2 fully saturated rings. The van der Waals surface area contributed by atoms with Crippen molar-refractivity contribution in [2.45, 2.75) is 25.7 Å². The van der Waals surface area contributed by atoms with Crippen LogP contribution < -0.4 is 0 Å². The molecule has 1 saturated carbocycles. The molecule has 3 nitrogen and oxygen atoms in total. The van der Waals surface area contributed by atoms with Crippen LogP contribution in [0.3, 0.4) is 0 Å². The average Bonchev–Trinajstić information content (AvgIpc) is 2.72. The number of rotatable bonds is 0. The molecule has 0 aromatic heterocycles. The van der Waals surface area contributed by atoms with E-state index in [1.165, 1.54) is 30.6 Å². The highest BCUT2D eigenvalue weighted by atomic mass is 16.6. The molecule has 0 N–H and O–H groups in total. The number of nitrogens with zero attached hydrogens (tertiary/aromatic N) is 1. The third-order valence-corrected chi connectivity index (χ3v) is 2.52. The second-order valence-corrected chi connectivity index (χ2v) is 3.50. The lowest BCUT2D eigenvalue weighted by molar-refractivity contribution is 0.167. The molecule has 0 aromatic carbocycles. The zero-order valence-electron chi connectivity index (χ0n) is 7.58. The molecule has 0 spiro atoms. The topological polar surface area (TPSA) is 29.5 Å². The molecule has 0 bridgehead atoms. The van der Waals surface area contributed by atoms with Crippen LogP contribution in [0.4, 0.5) is 4.79 Å². The van der Waals surface area contributed by atoms with Crippen molar-refractivity contribution in [3.8, 4) is 12.0 Å². The first-order valence-corrected chi connectivity index (χ1v) is 4.82. The normalized spacial score (nSPS) is 22.8. The molecule has 70 valence electrons. The monoisotopic (exact) mass is 179 g/mol. The second-order valence-electron chi connectivity index (χ2n) is 3.50. The van der Waals surface area contributed by atoms with Crippen LogP contribution >= 0.6 is 0 Å². The molecule has 0 radical (unpaired) electrons. The van der Waals surface area contributed by atoms with Crippen molar-refractivity contribution in [3.63, 3.8) is 0 Å². The summed E-state index contributed by atoms with van der Waals surface area (Å²) >= 11 is 0. The standard InChI is InChI=1S/C10H13NO2/c12-10-11(7-8-13-10)6-5-9-3-1-2-4-9/h9H,1-4,7-8H2. The van der Waals surface area contributed by atoms with Crippen LogP contribution in [0.5, 0.6) is 0 Å². The number of cyclic esters (lactones) is 1. The SMILES string of the molecule is O=C1OCCN1C#CC1CCCC1. The summed E-state index contributed by atoms with van der Waals surface area (Å²) in [5.74, 6) is 3.64. The maximum absolute atomic E-state index is 11.0. The van der Waals surface area contributed by atoms with Gasteiger partial charge in [-0.05, 0) is 12.8 Å². The molecule has 0 aromatic rings. The van der Waals surface area contributed by atoms with Crippen LogP contribution in [0.1, 0.15) is 25.7 Å². The maximum Gasteiger partial charge on any atom is 0.421 e. The van der Waals surface area contributed by atoms with E-state index in [-0.39, 0.29) is 6.09 Å². The molecule has 1 aliphatic carbocycles. The fraction of sp³-hybridized carbons (Fsp3) is 0.700. The molecular weight excluding hydrogens is 166 g/mol. The lowest BCUT2D eigenvalue weighted by atomic mass is 10.1. The van der Waals surface area contributed by atoms with Crippen LogP contribution in [0.25, 0.3) is 0 Å². The summed E-state index contributed by atoms with van der Waals surface area (Å²) in [7, 11) is 0. The Kier molecular flexibility index (Phi) is 2.40. The van der Waals surface area contributed by atoms with E-state index in [1.54, 1.807) is 0 Å². The second kappa shape index (κ2) is 3.69. The van der Waals surface area contributed by atoms with Gasteiger partial charge in [-0.2, -0.15) is 0 Å². The first kappa shape index (κ1) is 8.43. The summed E-state index contributed by atoms with van der Waals surface area (Å²) < 4.78 is 4.77. The van der Waals surface area contributed by atoms with Gasteiger partial charge in [0.2, 0.25) is 0 Å². The van der Waals surface area contributed by atoms with Crippen LogP contribution in [0.15, 0.2) is 0 Å². The number of ether oxygens (including phenoxy) is 1. The van der Waals surface area contributed by atoms with Gasteiger partial charge in [-0.3, -0.25) is 0 Å². The van der Waals surface area contributed by atoms with Crippen LogP contribution in [0, 0.1) is 17.9 Å². The Morgan fingerprint density at radius 2 is 2.15 bits per heavy atom. The number of hydrogen-bond donors (Lipinski definition) is 0. The smallest absolute Gasteiger partial charge is 0.421 e. The van der Waals surface area contributed by atoms with Crippen LogP contribution in [0.2, 0.25) is 0 Å². The first-order valence-electron chi connectivity index (χ1n) is 4.82. The number of hydrogen-bond acceptors (Lipinski definition) is 2. The minimum atomic E-state index is -0.287. The van der Waals surface area contributed by atoms with Crippen molar-refractivity contribution in [1.29, 1.82) is 0 Å². The summed E-state index contributed by atoms with van der Waals surface area (Å²) in [5.41, 5.74) is 0. The van der Waals surface area contributed by atoms with Crippen molar-refractivity contribution in [2.24, 2.45) is 5.92 Å². The minimum Gasteiger partial charge on any atom is -0.447 e. The molecule has 1 aliphatic heterocycles. The van der Waals surface area contributed by atoms with Crippen molar-refractivity contribution >= 4 is 6.09 Å². The Morgan fingerprint density at radius 3 is 2.77 bits per heavy atom. The summed E-state index contributed by atoms with van der Waals surface area (Å²) in [6.07, 6.45) is 4.66. The van der Waals surface area contributed by atoms with Crippen LogP contribution in [-0.4, -0.2) is 24.1 Å². The summed E-state index contributed by atoms with van der Waals surface area (Å²) in [6, 6.07) is 2.88. The van der Waals surface area contributed by atoms with E-state index in [1.807, 2.05) is 0 Å². The fourth-order valence-corrected chi connectivity index (χ4v) is 1.73. The van der Waals surface area contributed by atoms with E-state index < -0.39 is 0 Å². The number of amides is 1. The summed E-state index contributed by atoms with van der Waals surface area (Å²) in [6.45, 7) is 1.11. The van der Waals surface area contributed by atoms with E-state index in [9.17, 15) is 4.79 Å². The average molecular weight is 179 g/mol. The van der Waals surface area contributed by atoms with E-state index >= 15 is 0 Å². The molecule has 2 rings (SSSR count). The van der Waals surface area contributed by atoms with Gasteiger partial charge >= 0.3 is 6.09 Å². The number of carbonyl (C=O) groups is 1. The Bertz CT molecular complexity index is 258. The van der Waals surface area contributed by atoms with Crippen molar-refractivity contribution in [3.05, 3.63) is 0 Å². The van der Waals surface area contributed by atoms with E-state index in [0.29, 0.717) is 19.1 Å². The quantitative estimate of drug-likeness (QED) is 0.528. The van der Waals surface area contributed by atoms with Crippen molar-refractivity contribution in [2.75, 3.05) is 13.2 Å². The molecule has 3 heteroatoms. The third kappa shape index (κ3) is 1.95. The molecule has 1 saturated heterocycles. The largest absolute Gasteiger partial charge is 0.447 e. The molecule has 0 atom stereocenters. The van der Waals surface area contributed by atoms with Gasteiger partial charge in [-0.1, -0.05) is 18.8 Å². The third-order valence-electron chi connectivity index (χ3n) is 2.52.